The molecule has 1 aromatic heterocycles. The van der Waals surface area contributed by atoms with Gasteiger partial charge in [-0.1, -0.05) is 12.1 Å². The molecule has 2 aromatic rings. The lowest BCUT2D eigenvalue weighted by atomic mass is 10.1. The second-order valence-corrected chi connectivity index (χ2v) is 7.20. The Kier molecular flexibility index (Phi) is 4.25. The summed E-state index contributed by atoms with van der Waals surface area (Å²) in [5, 5.41) is 6.49. The van der Waals surface area contributed by atoms with Crippen LogP contribution in [0, 0.1) is 18.8 Å². The van der Waals surface area contributed by atoms with Crippen LogP contribution in [-0.4, -0.2) is 23.5 Å². The predicted octanol–water partition coefficient (Wildman–Crippen LogP) is 3.64. The summed E-state index contributed by atoms with van der Waals surface area (Å²) in [6.07, 6.45) is 5.22. The molecule has 0 saturated heterocycles. The van der Waals surface area contributed by atoms with Crippen LogP contribution in [0.25, 0.3) is 0 Å². The molecule has 2 saturated carbocycles. The van der Waals surface area contributed by atoms with Gasteiger partial charge in [0.05, 0.1) is 5.56 Å². The Hall–Kier alpha value is -2.27. The number of nitrogens with zero attached hydrogens (tertiary/aromatic N) is 1. The van der Waals surface area contributed by atoms with Gasteiger partial charge in [0, 0.05) is 23.8 Å². The molecule has 4 nitrogen and oxygen atoms in total. The van der Waals surface area contributed by atoms with Crippen LogP contribution in [0.3, 0.4) is 0 Å². The molecule has 2 N–H and O–H groups in total. The first-order valence-corrected chi connectivity index (χ1v) is 8.87. The van der Waals surface area contributed by atoms with E-state index in [0.29, 0.717) is 23.1 Å². The van der Waals surface area contributed by atoms with E-state index in [9.17, 15) is 9.18 Å². The summed E-state index contributed by atoms with van der Waals surface area (Å²) in [6.45, 7) is 2.85. The number of hydrogen-bond donors (Lipinski definition) is 2. The maximum absolute atomic E-state index is 13.0. The fourth-order valence-corrected chi connectivity index (χ4v) is 3.20. The summed E-state index contributed by atoms with van der Waals surface area (Å²) in [4.78, 5) is 15.9. The average Bonchev–Trinajstić information content (AvgIpc) is 3.48. The summed E-state index contributed by atoms with van der Waals surface area (Å²) in [6, 6.07) is 9.88. The van der Waals surface area contributed by atoms with Crippen molar-refractivity contribution in [3.8, 4) is 0 Å². The summed E-state index contributed by atoms with van der Waals surface area (Å²) in [7, 11) is 0. The SMILES string of the molecule is Cc1cc([18F])ncc1C(=O)Nc1ccc([C@@H]2C[C@H]2NCC2CC2)cc1. The molecule has 0 spiro atoms. The number of aromatic nitrogens is 1. The van der Waals surface area contributed by atoms with Crippen molar-refractivity contribution in [2.45, 2.75) is 38.1 Å². The summed E-state index contributed by atoms with van der Waals surface area (Å²) < 4.78 is 13.0. The second-order valence-electron chi connectivity index (χ2n) is 7.20. The molecule has 4 rings (SSSR count). The van der Waals surface area contributed by atoms with Crippen LogP contribution in [0.4, 0.5) is 10.1 Å². The van der Waals surface area contributed by atoms with Gasteiger partial charge >= 0.3 is 0 Å². The van der Waals surface area contributed by atoms with Gasteiger partial charge in [0.15, 0.2) is 0 Å². The number of hydrogen-bond acceptors (Lipinski definition) is 3. The largest absolute Gasteiger partial charge is 0.322 e. The topological polar surface area (TPSA) is 54.0 Å². The molecule has 1 heterocycles. The molecule has 130 valence electrons. The minimum absolute atomic E-state index is 0.270. The first kappa shape index (κ1) is 16.2. The molecule has 2 fully saturated rings. The van der Waals surface area contributed by atoms with Crippen LogP contribution in [-0.2, 0) is 0 Å². The zero-order chi connectivity index (χ0) is 17.4. The lowest BCUT2D eigenvalue weighted by molar-refractivity contribution is 0.102. The van der Waals surface area contributed by atoms with Gasteiger partial charge in [-0.3, -0.25) is 4.79 Å². The average molecular weight is 338 g/mol. The molecule has 25 heavy (non-hydrogen) atoms. The Morgan fingerprint density at radius 3 is 2.72 bits per heavy atom. The van der Waals surface area contributed by atoms with Crippen molar-refractivity contribution in [1.82, 2.24) is 10.3 Å². The zero-order valence-corrected chi connectivity index (χ0v) is 14.3. The third-order valence-corrected chi connectivity index (χ3v) is 5.07. The molecular weight excluding hydrogens is 316 g/mol. The molecule has 0 bridgehead atoms. The van der Waals surface area contributed by atoms with Crippen molar-refractivity contribution in [3.63, 3.8) is 0 Å². The van der Waals surface area contributed by atoms with E-state index in [-0.39, 0.29) is 5.91 Å². The predicted molar refractivity (Wildman–Crippen MR) is 95.2 cm³/mol. The lowest BCUT2D eigenvalue weighted by Crippen LogP contribution is -2.20. The number of benzene rings is 1. The fraction of sp³-hybridized carbons (Fsp3) is 0.400. The third-order valence-electron chi connectivity index (χ3n) is 5.07. The number of anilines is 1. The van der Waals surface area contributed by atoms with Crippen LogP contribution in [0.15, 0.2) is 36.5 Å². The third kappa shape index (κ3) is 3.87. The highest BCUT2D eigenvalue weighted by molar-refractivity contribution is 6.05. The van der Waals surface area contributed by atoms with Gasteiger partial charge < -0.3 is 10.6 Å². The minimum Gasteiger partial charge on any atom is -0.322 e. The highest BCUT2D eigenvalue weighted by Gasteiger charge is 2.38. The van der Waals surface area contributed by atoms with E-state index < -0.39 is 5.95 Å². The molecule has 0 unspecified atom stereocenters. The zero-order valence-electron chi connectivity index (χ0n) is 14.3. The Labute approximate surface area is 146 Å². The molecule has 1 aromatic carbocycles. The summed E-state index contributed by atoms with van der Waals surface area (Å²) in [5.41, 5.74) is 3.01. The van der Waals surface area contributed by atoms with Crippen molar-refractivity contribution in [2.75, 3.05) is 11.9 Å². The Morgan fingerprint density at radius 2 is 2.04 bits per heavy atom. The molecule has 0 radical (unpaired) electrons. The number of halogens is 1. The van der Waals surface area contributed by atoms with E-state index in [1.807, 2.05) is 12.1 Å². The molecule has 0 aliphatic heterocycles. The number of aryl methyl sites for hydroxylation is 1. The standard InChI is InChI=1S/C20H22FN3O/c1-12-8-19(21)23-11-17(12)20(25)24-15-6-4-14(5-7-15)16-9-18(16)22-10-13-2-3-13/h4-8,11,13,16,18,22H,2-3,9-10H2,1H3,(H,24,25)/t16-,18+/m0/s1/i21-1. The molecule has 2 aliphatic rings. The van der Waals surface area contributed by atoms with Crippen molar-refractivity contribution in [1.29, 1.82) is 0 Å². The fourth-order valence-electron chi connectivity index (χ4n) is 3.20. The monoisotopic (exact) mass is 338 g/mol. The van der Waals surface area contributed by atoms with Crippen LogP contribution in [0.5, 0.6) is 0 Å². The Balaban J connectivity index is 1.35. The lowest BCUT2D eigenvalue weighted by Gasteiger charge is -2.08. The molecular formula is C20H22FN3O. The smallest absolute Gasteiger partial charge is 0.257 e. The van der Waals surface area contributed by atoms with E-state index in [1.165, 1.54) is 37.1 Å². The van der Waals surface area contributed by atoms with Crippen LogP contribution >= 0.6 is 0 Å². The summed E-state index contributed by atoms with van der Waals surface area (Å²) >= 11 is 0. The number of rotatable bonds is 6. The second kappa shape index (κ2) is 6.56. The first-order chi connectivity index (χ1) is 12.1. The molecule has 5 heteroatoms. The van der Waals surface area contributed by atoms with Gasteiger partial charge in [0.1, 0.15) is 0 Å². The van der Waals surface area contributed by atoms with Gasteiger partial charge in [-0.25, -0.2) is 4.98 Å². The number of pyridine rings is 1. The molecule has 2 aliphatic carbocycles. The quantitative estimate of drug-likeness (QED) is 0.791. The highest BCUT2D eigenvalue weighted by atomic mass is 18.2. The van der Waals surface area contributed by atoms with Crippen molar-refractivity contribution >= 4 is 11.6 Å². The van der Waals surface area contributed by atoms with E-state index in [4.69, 9.17) is 0 Å². The van der Waals surface area contributed by atoms with Crippen molar-refractivity contribution < 1.29 is 9.18 Å². The van der Waals surface area contributed by atoms with Crippen LogP contribution < -0.4 is 10.6 Å². The number of amides is 1. The first-order valence-electron chi connectivity index (χ1n) is 8.87. The van der Waals surface area contributed by atoms with E-state index in [0.717, 1.165) is 18.2 Å². The van der Waals surface area contributed by atoms with Crippen LogP contribution in [0.1, 0.15) is 46.7 Å². The summed E-state index contributed by atoms with van der Waals surface area (Å²) in [5.74, 6) is 0.649. The number of carbonyl (C=O) groups excluding carboxylic acids is 1. The maximum atomic E-state index is 13.0. The van der Waals surface area contributed by atoms with E-state index in [2.05, 4.69) is 27.8 Å². The Bertz CT molecular complexity index is 786. The normalized spacial score (nSPS) is 21.8. The van der Waals surface area contributed by atoms with Gasteiger partial charge in [-0.2, -0.15) is 4.39 Å². The maximum Gasteiger partial charge on any atom is 0.257 e. The van der Waals surface area contributed by atoms with Gasteiger partial charge in [0.2, 0.25) is 5.95 Å². The highest BCUT2D eigenvalue weighted by Crippen LogP contribution is 2.41. The van der Waals surface area contributed by atoms with Gasteiger partial charge in [-0.05, 0) is 68.0 Å². The molecule has 1 amide bonds. The van der Waals surface area contributed by atoms with Crippen molar-refractivity contribution in [2.24, 2.45) is 5.92 Å². The van der Waals surface area contributed by atoms with Gasteiger partial charge in [0.25, 0.3) is 5.91 Å². The van der Waals surface area contributed by atoms with Gasteiger partial charge in [-0.15, -0.1) is 0 Å². The van der Waals surface area contributed by atoms with Crippen LogP contribution in [0.2, 0.25) is 0 Å². The number of carbonyl (C=O) groups is 1. The minimum atomic E-state index is -0.576. The Morgan fingerprint density at radius 1 is 1.28 bits per heavy atom. The van der Waals surface area contributed by atoms with E-state index >= 15 is 0 Å². The van der Waals surface area contributed by atoms with E-state index in [1.54, 1.807) is 6.92 Å². The van der Waals surface area contributed by atoms with Crippen molar-refractivity contribution in [3.05, 3.63) is 59.2 Å². The number of nitrogens with one attached hydrogen (secondary N) is 2. The molecule has 2 atom stereocenters.